The summed E-state index contributed by atoms with van der Waals surface area (Å²) in [5.74, 6) is -0.289. The van der Waals surface area contributed by atoms with Crippen molar-refractivity contribution in [2.24, 2.45) is 0 Å². The molecular formula is C11H16O2. The third-order valence-electron chi connectivity index (χ3n) is 1.67. The fourth-order valence-electron chi connectivity index (χ4n) is 0.669. The maximum absolute atomic E-state index is 10.9. The number of carbonyl (C=O) groups excluding carboxylic acids is 1. The van der Waals surface area contributed by atoms with Gasteiger partial charge < -0.3 is 4.74 Å². The third kappa shape index (κ3) is 5.01. The summed E-state index contributed by atoms with van der Waals surface area (Å²) in [6.45, 7) is 5.69. The van der Waals surface area contributed by atoms with Crippen LogP contribution >= 0.6 is 0 Å². The van der Waals surface area contributed by atoms with Crippen LogP contribution in [0.1, 0.15) is 20.8 Å². The molecule has 0 heterocycles. The van der Waals surface area contributed by atoms with Crippen LogP contribution in [0.2, 0.25) is 0 Å². The quantitative estimate of drug-likeness (QED) is 0.379. The van der Waals surface area contributed by atoms with E-state index in [4.69, 9.17) is 0 Å². The van der Waals surface area contributed by atoms with Crippen molar-refractivity contribution in [3.63, 3.8) is 0 Å². The summed E-state index contributed by atoms with van der Waals surface area (Å²) in [7, 11) is 1.38. The first-order chi connectivity index (χ1) is 6.11. The van der Waals surface area contributed by atoms with E-state index in [0.29, 0.717) is 5.57 Å². The highest BCUT2D eigenvalue weighted by atomic mass is 16.5. The summed E-state index contributed by atoms with van der Waals surface area (Å²) in [6.07, 6.45) is 7.50. The van der Waals surface area contributed by atoms with E-state index < -0.39 is 0 Å². The average molecular weight is 180 g/mol. The molecule has 0 aromatic heterocycles. The second kappa shape index (κ2) is 6.23. The van der Waals surface area contributed by atoms with Gasteiger partial charge in [-0.25, -0.2) is 4.79 Å². The van der Waals surface area contributed by atoms with Gasteiger partial charge in [-0.15, -0.1) is 0 Å². The van der Waals surface area contributed by atoms with E-state index in [2.05, 4.69) is 4.74 Å². The Labute approximate surface area is 79.6 Å². The maximum Gasteiger partial charge on any atom is 0.333 e. The SMILES string of the molecule is CC=C(C)C=CC=C(C)C(=O)OC. The Bertz CT molecular complexity index is 257. The molecular weight excluding hydrogens is 164 g/mol. The monoisotopic (exact) mass is 180 g/mol. The molecule has 0 spiro atoms. The molecule has 0 saturated carbocycles. The molecule has 2 nitrogen and oxygen atoms in total. The molecule has 0 amide bonds. The first kappa shape index (κ1) is 11.7. The van der Waals surface area contributed by atoms with Crippen molar-refractivity contribution in [3.8, 4) is 0 Å². The Hall–Kier alpha value is -1.31. The van der Waals surface area contributed by atoms with Crippen LogP contribution in [-0.4, -0.2) is 13.1 Å². The molecule has 0 fully saturated rings. The van der Waals surface area contributed by atoms with Crippen LogP contribution in [0.5, 0.6) is 0 Å². The normalized spacial score (nSPS) is 13.5. The van der Waals surface area contributed by atoms with Crippen LogP contribution in [0.4, 0.5) is 0 Å². The lowest BCUT2D eigenvalue weighted by atomic mass is 10.2. The molecule has 0 rings (SSSR count). The fraction of sp³-hybridized carbons (Fsp3) is 0.364. The highest BCUT2D eigenvalue weighted by Gasteiger charge is 1.99. The van der Waals surface area contributed by atoms with Crippen LogP contribution in [0.25, 0.3) is 0 Å². The van der Waals surface area contributed by atoms with Gasteiger partial charge in [0.25, 0.3) is 0 Å². The Morgan fingerprint density at radius 1 is 1.31 bits per heavy atom. The lowest BCUT2D eigenvalue weighted by molar-refractivity contribution is -0.136. The molecule has 0 aromatic carbocycles. The average Bonchev–Trinajstić information content (AvgIpc) is 2.15. The molecule has 0 aliphatic rings. The molecule has 72 valence electrons. The molecule has 0 radical (unpaired) electrons. The van der Waals surface area contributed by atoms with Gasteiger partial charge in [-0.1, -0.05) is 29.9 Å². The first-order valence-corrected chi connectivity index (χ1v) is 4.18. The summed E-state index contributed by atoms with van der Waals surface area (Å²) < 4.78 is 4.54. The highest BCUT2D eigenvalue weighted by molar-refractivity contribution is 5.87. The predicted molar refractivity (Wildman–Crippen MR) is 54.3 cm³/mol. The number of rotatable bonds is 3. The number of ether oxygens (including phenoxy) is 1. The third-order valence-corrected chi connectivity index (χ3v) is 1.67. The van der Waals surface area contributed by atoms with Crippen molar-refractivity contribution in [3.05, 3.63) is 35.5 Å². The van der Waals surface area contributed by atoms with E-state index in [9.17, 15) is 4.79 Å². The van der Waals surface area contributed by atoms with Gasteiger partial charge in [-0.05, 0) is 20.8 Å². The second-order valence-corrected chi connectivity index (χ2v) is 2.73. The van der Waals surface area contributed by atoms with Crippen LogP contribution in [0.3, 0.4) is 0 Å². The molecule has 0 N–H and O–H groups in total. The number of esters is 1. The minimum absolute atomic E-state index is 0.289. The van der Waals surface area contributed by atoms with Crippen LogP contribution < -0.4 is 0 Å². The summed E-state index contributed by atoms with van der Waals surface area (Å²) in [5.41, 5.74) is 1.76. The van der Waals surface area contributed by atoms with E-state index in [0.717, 1.165) is 5.57 Å². The van der Waals surface area contributed by atoms with Crippen molar-refractivity contribution in [2.75, 3.05) is 7.11 Å². The summed E-state index contributed by atoms with van der Waals surface area (Å²) in [4.78, 5) is 10.9. The standard InChI is InChI=1S/C11H16O2/c1-5-9(2)7-6-8-10(3)11(12)13-4/h5-8H,1-4H3. The van der Waals surface area contributed by atoms with Gasteiger partial charge in [0.05, 0.1) is 7.11 Å². The predicted octanol–water partition coefficient (Wildman–Crippen LogP) is 2.63. The maximum atomic E-state index is 10.9. The van der Waals surface area contributed by atoms with Gasteiger partial charge in [0.2, 0.25) is 0 Å². The second-order valence-electron chi connectivity index (χ2n) is 2.73. The Morgan fingerprint density at radius 2 is 1.92 bits per heavy atom. The van der Waals surface area contributed by atoms with Crippen molar-refractivity contribution >= 4 is 5.97 Å². The van der Waals surface area contributed by atoms with Gasteiger partial charge in [-0.3, -0.25) is 0 Å². The molecule has 0 aliphatic carbocycles. The van der Waals surface area contributed by atoms with E-state index in [-0.39, 0.29) is 5.97 Å². The Morgan fingerprint density at radius 3 is 2.38 bits per heavy atom. The fourth-order valence-corrected chi connectivity index (χ4v) is 0.669. The van der Waals surface area contributed by atoms with Gasteiger partial charge in [0, 0.05) is 5.57 Å². The molecule has 13 heavy (non-hydrogen) atoms. The van der Waals surface area contributed by atoms with E-state index in [1.165, 1.54) is 7.11 Å². The van der Waals surface area contributed by atoms with E-state index >= 15 is 0 Å². The Balaban J connectivity index is 4.27. The molecule has 0 bridgehead atoms. The van der Waals surface area contributed by atoms with Gasteiger partial charge >= 0.3 is 5.97 Å². The highest BCUT2D eigenvalue weighted by Crippen LogP contribution is 1.98. The zero-order chi connectivity index (χ0) is 10.3. The lowest BCUT2D eigenvalue weighted by Gasteiger charge is -1.95. The summed E-state index contributed by atoms with van der Waals surface area (Å²) in [5, 5.41) is 0. The molecule has 0 saturated heterocycles. The minimum Gasteiger partial charge on any atom is -0.466 e. The molecule has 2 heteroatoms. The minimum atomic E-state index is -0.289. The van der Waals surface area contributed by atoms with Crippen molar-refractivity contribution in [2.45, 2.75) is 20.8 Å². The zero-order valence-electron chi connectivity index (χ0n) is 8.63. The van der Waals surface area contributed by atoms with Crippen molar-refractivity contribution in [1.82, 2.24) is 0 Å². The number of carbonyl (C=O) groups is 1. The number of allylic oxidation sites excluding steroid dienone is 5. The van der Waals surface area contributed by atoms with Crippen LogP contribution in [-0.2, 0) is 9.53 Å². The van der Waals surface area contributed by atoms with E-state index in [1.807, 2.05) is 32.1 Å². The number of hydrogen-bond donors (Lipinski definition) is 0. The summed E-state index contributed by atoms with van der Waals surface area (Å²) >= 11 is 0. The molecule has 0 unspecified atom stereocenters. The molecule has 0 aromatic rings. The molecule has 0 atom stereocenters. The van der Waals surface area contributed by atoms with Crippen LogP contribution in [0.15, 0.2) is 35.5 Å². The topological polar surface area (TPSA) is 26.3 Å². The van der Waals surface area contributed by atoms with E-state index in [1.54, 1.807) is 13.0 Å². The van der Waals surface area contributed by atoms with Crippen molar-refractivity contribution < 1.29 is 9.53 Å². The van der Waals surface area contributed by atoms with Crippen molar-refractivity contribution in [1.29, 1.82) is 0 Å². The Kier molecular flexibility index (Phi) is 5.60. The van der Waals surface area contributed by atoms with Gasteiger partial charge in [0.1, 0.15) is 0 Å². The first-order valence-electron chi connectivity index (χ1n) is 4.18. The number of hydrogen-bond acceptors (Lipinski definition) is 2. The smallest absolute Gasteiger partial charge is 0.333 e. The molecule has 0 aliphatic heterocycles. The summed E-state index contributed by atoms with van der Waals surface area (Å²) in [6, 6.07) is 0. The zero-order valence-corrected chi connectivity index (χ0v) is 8.63. The largest absolute Gasteiger partial charge is 0.466 e. The van der Waals surface area contributed by atoms with Crippen LogP contribution in [0, 0.1) is 0 Å². The number of methoxy groups -OCH3 is 1. The van der Waals surface area contributed by atoms with Gasteiger partial charge in [0.15, 0.2) is 0 Å². The van der Waals surface area contributed by atoms with Gasteiger partial charge in [-0.2, -0.15) is 0 Å². The lowest BCUT2D eigenvalue weighted by Crippen LogP contribution is -2.00.